The molecule has 1 aromatic carbocycles. The van der Waals surface area contributed by atoms with Crippen LogP contribution in [0, 0.1) is 6.92 Å². The summed E-state index contributed by atoms with van der Waals surface area (Å²) in [6.45, 7) is 9.50. The smallest absolute Gasteiger partial charge is 0.220 e. The summed E-state index contributed by atoms with van der Waals surface area (Å²) in [5, 5.41) is 5.87. The number of hydrogen-bond acceptors (Lipinski definition) is 4. The summed E-state index contributed by atoms with van der Waals surface area (Å²) in [6.07, 6.45) is 1.12. The molecule has 0 saturated heterocycles. The Bertz CT molecular complexity index is 722. The van der Waals surface area contributed by atoms with Crippen LogP contribution >= 0.6 is 27.3 Å². The van der Waals surface area contributed by atoms with E-state index < -0.39 is 0 Å². The number of carbonyl (C=O) groups excluding carboxylic acids is 1. The first-order valence-corrected chi connectivity index (χ1v) is 10.0. The van der Waals surface area contributed by atoms with Crippen LogP contribution in [-0.2, 0) is 16.8 Å². The number of aryl methyl sites for hydroxylation is 1. The molecule has 1 amide bonds. The molecular weight excluding hydrogens is 400 g/mol. The summed E-state index contributed by atoms with van der Waals surface area (Å²) in [5.74, 6) is 0.836. The van der Waals surface area contributed by atoms with Gasteiger partial charge in [-0.05, 0) is 52.4 Å². The van der Waals surface area contributed by atoms with Gasteiger partial charge in [-0.1, -0.05) is 26.8 Å². The van der Waals surface area contributed by atoms with E-state index in [0.717, 1.165) is 20.9 Å². The van der Waals surface area contributed by atoms with Crippen molar-refractivity contribution in [3.05, 3.63) is 44.3 Å². The molecule has 1 N–H and O–H groups in total. The van der Waals surface area contributed by atoms with Gasteiger partial charge in [-0.2, -0.15) is 0 Å². The Balaban J connectivity index is 1.71. The lowest BCUT2D eigenvalue weighted by atomic mass is 9.87. The number of benzene rings is 1. The van der Waals surface area contributed by atoms with Crippen LogP contribution in [0.25, 0.3) is 0 Å². The molecule has 1 heterocycles. The van der Waals surface area contributed by atoms with Crippen LogP contribution in [0.4, 0.5) is 0 Å². The lowest BCUT2D eigenvalue weighted by Gasteiger charge is -2.20. The zero-order valence-corrected chi connectivity index (χ0v) is 17.6. The molecule has 136 valence electrons. The molecule has 0 aliphatic carbocycles. The summed E-state index contributed by atoms with van der Waals surface area (Å²) in [6, 6.07) is 6.16. The van der Waals surface area contributed by atoms with E-state index in [9.17, 15) is 4.79 Å². The number of thiazole rings is 1. The number of nitrogens with one attached hydrogen (secondary N) is 1. The molecule has 0 saturated carbocycles. The zero-order chi connectivity index (χ0) is 18.4. The molecular formula is C19H25BrN2O2S. The van der Waals surface area contributed by atoms with E-state index in [1.54, 1.807) is 11.3 Å². The largest absolute Gasteiger partial charge is 0.492 e. The zero-order valence-electron chi connectivity index (χ0n) is 15.2. The van der Waals surface area contributed by atoms with Gasteiger partial charge in [0.1, 0.15) is 5.75 Å². The Morgan fingerprint density at radius 3 is 2.72 bits per heavy atom. The summed E-state index contributed by atoms with van der Waals surface area (Å²) < 4.78 is 6.73. The van der Waals surface area contributed by atoms with E-state index in [-0.39, 0.29) is 11.3 Å². The number of hydrogen-bond donors (Lipinski definition) is 1. The molecule has 1 aromatic heterocycles. The van der Waals surface area contributed by atoms with Crippen LogP contribution in [0.3, 0.4) is 0 Å². The van der Waals surface area contributed by atoms with Crippen molar-refractivity contribution in [1.82, 2.24) is 10.3 Å². The maximum Gasteiger partial charge on any atom is 0.220 e. The van der Waals surface area contributed by atoms with Gasteiger partial charge < -0.3 is 10.1 Å². The van der Waals surface area contributed by atoms with Gasteiger partial charge in [-0.15, -0.1) is 11.3 Å². The molecule has 0 atom stereocenters. The van der Waals surface area contributed by atoms with Crippen molar-refractivity contribution in [3.63, 3.8) is 0 Å². The molecule has 0 fully saturated rings. The molecule has 2 rings (SSSR count). The summed E-state index contributed by atoms with van der Waals surface area (Å²) in [4.78, 5) is 16.2. The Labute approximate surface area is 162 Å². The maximum absolute atomic E-state index is 11.9. The highest BCUT2D eigenvalue weighted by atomic mass is 79.9. The third-order valence-corrected chi connectivity index (χ3v) is 5.18. The summed E-state index contributed by atoms with van der Waals surface area (Å²) in [7, 11) is 0. The van der Waals surface area contributed by atoms with E-state index in [1.165, 1.54) is 5.56 Å². The second kappa shape index (κ2) is 8.81. The van der Waals surface area contributed by atoms with Crippen LogP contribution in [0.2, 0.25) is 0 Å². The molecule has 6 heteroatoms. The molecule has 0 unspecified atom stereocenters. The first kappa shape index (κ1) is 19.9. The minimum absolute atomic E-state index is 0.0244. The number of nitrogens with zero attached hydrogens (tertiary/aromatic N) is 1. The third kappa shape index (κ3) is 6.44. The summed E-state index contributed by atoms with van der Waals surface area (Å²) >= 11 is 5.16. The second-order valence-electron chi connectivity index (χ2n) is 6.98. The normalized spacial score (nSPS) is 11.4. The van der Waals surface area contributed by atoms with Gasteiger partial charge in [0.15, 0.2) is 0 Å². The van der Waals surface area contributed by atoms with E-state index in [1.807, 2.05) is 18.4 Å². The van der Waals surface area contributed by atoms with Crippen molar-refractivity contribution in [2.45, 2.75) is 52.5 Å². The number of aromatic nitrogens is 1. The lowest BCUT2D eigenvalue weighted by molar-refractivity contribution is -0.121. The molecule has 0 radical (unpaired) electrons. The quantitative estimate of drug-likeness (QED) is 0.636. The van der Waals surface area contributed by atoms with Gasteiger partial charge in [0.05, 0.1) is 28.3 Å². The molecule has 2 aromatic rings. The van der Waals surface area contributed by atoms with Crippen LogP contribution in [0.1, 0.15) is 49.9 Å². The Morgan fingerprint density at radius 2 is 2.12 bits per heavy atom. The Kier molecular flexibility index (Phi) is 7.02. The van der Waals surface area contributed by atoms with E-state index in [2.05, 4.69) is 59.1 Å². The van der Waals surface area contributed by atoms with Gasteiger partial charge in [0.25, 0.3) is 0 Å². The van der Waals surface area contributed by atoms with Gasteiger partial charge >= 0.3 is 0 Å². The standard InChI is InChI=1S/C19H25BrN2O2S/c1-13-22-15(12-25-13)11-21-18(23)6-5-9-24-17-8-7-14(10-16(17)20)19(2,3)4/h7-8,10,12H,5-6,9,11H2,1-4H3,(H,21,23). The fourth-order valence-corrected chi connectivity index (χ4v) is 3.37. The topological polar surface area (TPSA) is 51.2 Å². The number of amides is 1. The van der Waals surface area contributed by atoms with Gasteiger partial charge in [0.2, 0.25) is 5.91 Å². The predicted octanol–water partition coefficient (Wildman–Crippen LogP) is 4.99. The van der Waals surface area contributed by atoms with Crippen molar-refractivity contribution in [3.8, 4) is 5.75 Å². The van der Waals surface area contributed by atoms with E-state index in [4.69, 9.17) is 4.74 Å². The number of carbonyl (C=O) groups is 1. The molecule has 0 aliphatic rings. The monoisotopic (exact) mass is 424 g/mol. The maximum atomic E-state index is 11.9. The van der Waals surface area contributed by atoms with Crippen molar-refractivity contribution >= 4 is 33.2 Å². The lowest BCUT2D eigenvalue weighted by Crippen LogP contribution is -2.23. The Morgan fingerprint density at radius 1 is 1.36 bits per heavy atom. The molecule has 0 spiro atoms. The van der Waals surface area contributed by atoms with E-state index >= 15 is 0 Å². The Hall–Kier alpha value is -1.40. The van der Waals surface area contributed by atoms with Gasteiger partial charge in [-0.3, -0.25) is 4.79 Å². The summed E-state index contributed by atoms with van der Waals surface area (Å²) in [5.41, 5.74) is 2.27. The highest BCUT2D eigenvalue weighted by Gasteiger charge is 2.15. The van der Waals surface area contributed by atoms with Crippen LogP contribution in [0.15, 0.2) is 28.1 Å². The SMILES string of the molecule is Cc1nc(CNC(=O)CCCOc2ccc(C(C)(C)C)cc2Br)cs1. The average Bonchev–Trinajstić information content (AvgIpc) is 2.95. The highest BCUT2D eigenvalue weighted by molar-refractivity contribution is 9.10. The molecule has 0 aliphatic heterocycles. The number of rotatable bonds is 7. The van der Waals surface area contributed by atoms with Crippen LogP contribution < -0.4 is 10.1 Å². The number of halogens is 1. The minimum atomic E-state index is 0.0244. The fraction of sp³-hybridized carbons (Fsp3) is 0.474. The van der Waals surface area contributed by atoms with Crippen molar-refractivity contribution in [2.24, 2.45) is 0 Å². The van der Waals surface area contributed by atoms with Crippen molar-refractivity contribution in [2.75, 3.05) is 6.61 Å². The molecule has 0 bridgehead atoms. The first-order valence-electron chi connectivity index (χ1n) is 8.36. The first-order chi connectivity index (χ1) is 11.8. The average molecular weight is 425 g/mol. The van der Waals surface area contributed by atoms with E-state index in [0.29, 0.717) is 26.0 Å². The van der Waals surface area contributed by atoms with Crippen LogP contribution in [-0.4, -0.2) is 17.5 Å². The van der Waals surface area contributed by atoms with Crippen molar-refractivity contribution in [1.29, 1.82) is 0 Å². The molecule has 25 heavy (non-hydrogen) atoms. The predicted molar refractivity (Wildman–Crippen MR) is 106 cm³/mol. The van der Waals surface area contributed by atoms with Crippen LogP contribution in [0.5, 0.6) is 5.75 Å². The molecule has 4 nitrogen and oxygen atoms in total. The van der Waals surface area contributed by atoms with Gasteiger partial charge in [-0.25, -0.2) is 4.98 Å². The third-order valence-electron chi connectivity index (χ3n) is 3.74. The second-order valence-corrected chi connectivity index (χ2v) is 8.90. The highest BCUT2D eigenvalue weighted by Crippen LogP contribution is 2.31. The van der Waals surface area contributed by atoms with Gasteiger partial charge in [0, 0.05) is 11.8 Å². The fourth-order valence-electron chi connectivity index (χ4n) is 2.27. The number of ether oxygens (including phenoxy) is 1. The minimum Gasteiger partial charge on any atom is -0.492 e. The van der Waals surface area contributed by atoms with Crippen molar-refractivity contribution < 1.29 is 9.53 Å².